The molecule has 1 aliphatic rings. The topological polar surface area (TPSA) is 15.6 Å². The molecular weight excluding hydrogens is 713 g/mol. The minimum absolute atomic E-state index is 0.105. The quantitative estimate of drug-likeness (QED) is 0.100. The van der Waals surface area contributed by atoms with Crippen LogP contribution in [0, 0.1) is 12.8 Å². The summed E-state index contributed by atoms with van der Waals surface area (Å²) in [4.78, 5) is 7.93. The number of benzene rings is 6. The molecule has 0 fully saturated rings. The van der Waals surface area contributed by atoms with Crippen LogP contribution in [0.1, 0.15) is 91.6 Å². The fourth-order valence-corrected chi connectivity index (χ4v) is 8.57. The van der Waals surface area contributed by atoms with Gasteiger partial charge in [-0.1, -0.05) is 193 Å². The first-order chi connectivity index (χ1) is 28.4. The first-order valence-electron chi connectivity index (χ1n) is 21.0. The van der Waals surface area contributed by atoms with Crippen LogP contribution in [-0.2, 0) is 17.3 Å². The fourth-order valence-electron chi connectivity index (χ4n) is 8.57. The summed E-state index contributed by atoms with van der Waals surface area (Å²) in [6.45, 7) is 21.4. The van der Waals surface area contributed by atoms with E-state index in [0.29, 0.717) is 12.5 Å². The van der Waals surface area contributed by atoms with E-state index in [0.717, 1.165) is 45.8 Å². The molecule has 0 saturated carbocycles. The Morgan fingerprint density at radius 3 is 2.10 bits per heavy atom. The molecule has 0 bridgehead atoms. The SMILES string of the molecule is C=C(/C=C(\N=C(C)c1ccccc1)c1cc(Cc2ccccc2C(C)(C)c2ccccc2C)cc(N2C/C=C\C=C/C(C)C(C)(C)c3ccccc32)c1)c1ccccc1. The van der Waals surface area contributed by atoms with Crippen LogP contribution >= 0.6 is 0 Å². The van der Waals surface area contributed by atoms with E-state index in [4.69, 9.17) is 4.99 Å². The van der Waals surface area contributed by atoms with Gasteiger partial charge < -0.3 is 4.90 Å². The third-order valence-electron chi connectivity index (χ3n) is 12.4. The summed E-state index contributed by atoms with van der Waals surface area (Å²) in [5.41, 5.74) is 15.8. The number of aryl methyl sites for hydroxylation is 1. The largest absolute Gasteiger partial charge is 0.337 e. The summed E-state index contributed by atoms with van der Waals surface area (Å²) in [6, 6.07) is 54.7. The number of anilines is 2. The van der Waals surface area contributed by atoms with Crippen molar-refractivity contribution in [2.75, 3.05) is 11.4 Å². The van der Waals surface area contributed by atoms with Crippen molar-refractivity contribution >= 4 is 28.4 Å². The van der Waals surface area contributed by atoms with Crippen molar-refractivity contribution < 1.29 is 0 Å². The molecule has 0 N–H and O–H groups in total. The average molecular weight is 771 g/mol. The molecule has 6 aromatic rings. The van der Waals surface area contributed by atoms with Gasteiger partial charge in [0.1, 0.15) is 0 Å². The highest BCUT2D eigenvalue weighted by Crippen LogP contribution is 2.43. The molecule has 1 heterocycles. The molecule has 59 heavy (non-hydrogen) atoms. The molecule has 0 saturated heterocycles. The van der Waals surface area contributed by atoms with Crippen molar-refractivity contribution in [2.24, 2.45) is 10.9 Å². The molecule has 296 valence electrons. The van der Waals surface area contributed by atoms with Crippen LogP contribution in [0.3, 0.4) is 0 Å². The minimum atomic E-state index is -0.197. The third-order valence-corrected chi connectivity index (χ3v) is 12.4. The predicted octanol–water partition coefficient (Wildman–Crippen LogP) is 14.7. The predicted molar refractivity (Wildman–Crippen MR) is 255 cm³/mol. The van der Waals surface area contributed by atoms with Gasteiger partial charge in [-0.2, -0.15) is 0 Å². The zero-order chi connectivity index (χ0) is 41.6. The Bertz CT molecular complexity index is 2550. The van der Waals surface area contributed by atoms with E-state index in [2.05, 4.69) is 236 Å². The first kappa shape index (κ1) is 40.9. The second-order valence-electron chi connectivity index (χ2n) is 17.1. The molecule has 7 rings (SSSR count). The highest BCUT2D eigenvalue weighted by molar-refractivity contribution is 6.02. The van der Waals surface area contributed by atoms with Crippen LogP contribution in [0.2, 0.25) is 0 Å². The van der Waals surface area contributed by atoms with E-state index in [1.807, 2.05) is 6.07 Å². The van der Waals surface area contributed by atoms with Crippen molar-refractivity contribution in [1.82, 2.24) is 0 Å². The molecule has 0 amide bonds. The van der Waals surface area contributed by atoms with Crippen LogP contribution in [0.25, 0.3) is 11.3 Å². The van der Waals surface area contributed by atoms with Crippen molar-refractivity contribution in [3.8, 4) is 0 Å². The standard InChI is InChI=1S/C57H58N2/c1-41-24-17-19-31-51(41)57(7,8)52-32-20-18-30-48(52)37-45-38-49(54(36-42(2)46-26-13-9-14-27-46)58-44(4)47-28-15-10-16-29-47)40-50(39-45)59-35-23-11-12-25-43(3)56(5,6)53-33-21-22-34-55(53)59/h9-34,36,38-40,43H,2,35,37H2,1,3-8H3/b23-11-,25-12-,54-36-,58-44?. The summed E-state index contributed by atoms with van der Waals surface area (Å²) < 4.78 is 0. The lowest BCUT2D eigenvalue weighted by Gasteiger charge is -2.37. The number of nitrogens with zero attached hydrogens (tertiary/aromatic N) is 2. The van der Waals surface area contributed by atoms with E-state index in [1.54, 1.807) is 0 Å². The van der Waals surface area contributed by atoms with Gasteiger partial charge in [0.25, 0.3) is 0 Å². The summed E-state index contributed by atoms with van der Waals surface area (Å²) in [5.74, 6) is 0.331. The van der Waals surface area contributed by atoms with Crippen LogP contribution in [-0.4, -0.2) is 12.3 Å². The monoisotopic (exact) mass is 770 g/mol. The molecular formula is C57H58N2. The highest BCUT2D eigenvalue weighted by Gasteiger charge is 2.31. The second kappa shape index (κ2) is 17.7. The van der Waals surface area contributed by atoms with Crippen LogP contribution < -0.4 is 4.90 Å². The molecule has 0 radical (unpaired) electrons. The lowest BCUT2D eigenvalue weighted by molar-refractivity contribution is 0.409. The van der Waals surface area contributed by atoms with E-state index in [1.165, 1.54) is 39.1 Å². The Morgan fingerprint density at radius 1 is 0.746 bits per heavy atom. The summed E-state index contributed by atoms with van der Waals surface area (Å²) in [5, 5.41) is 0. The van der Waals surface area contributed by atoms with Crippen molar-refractivity contribution in [2.45, 2.75) is 65.7 Å². The molecule has 1 atom stereocenters. The van der Waals surface area contributed by atoms with Gasteiger partial charge in [-0.3, -0.25) is 4.99 Å². The normalized spacial score (nSPS) is 16.9. The van der Waals surface area contributed by atoms with Crippen LogP contribution in [0.4, 0.5) is 11.4 Å². The Kier molecular flexibility index (Phi) is 12.3. The number of allylic oxidation sites excluding steroid dienone is 5. The van der Waals surface area contributed by atoms with E-state index >= 15 is 0 Å². The van der Waals surface area contributed by atoms with Gasteiger partial charge in [0.05, 0.1) is 5.70 Å². The molecule has 0 aromatic heterocycles. The van der Waals surface area contributed by atoms with E-state index in [-0.39, 0.29) is 10.8 Å². The van der Waals surface area contributed by atoms with Crippen LogP contribution in [0.15, 0.2) is 194 Å². The van der Waals surface area contributed by atoms with Crippen molar-refractivity contribution in [3.63, 3.8) is 0 Å². The number of rotatable bonds is 10. The maximum atomic E-state index is 5.44. The Balaban J connectivity index is 1.46. The maximum Gasteiger partial charge on any atom is 0.0712 e. The number of para-hydroxylation sites is 1. The zero-order valence-electron chi connectivity index (χ0n) is 35.9. The molecule has 6 aromatic carbocycles. The second-order valence-corrected chi connectivity index (χ2v) is 17.1. The molecule has 2 nitrogen and oxygen atoms in total. The Hall–Kier alpha value is -6.25. The van der Waals surface area contributed by atoms with Gasteiger partial charge in [0.15, 0.2) is 0 Å². The number of hydrogen-bond donors (Lipinski definition) is 0. The number of hydrogen-bond acceptors (Lipinski definition) is 2. The number of aliphatic imine (C=N–C) groups is 1. The minimum Gasteiger partial charge on any atom is -0.337 e. The van der Waals surface area contributed by atoms with Crippen LogP contribution in [0.5, 0.6) is 0 Å². The fraction of sp³-hybridized carbons (Fsp3) is 0.211. The third kappa shape index (κ3) is 9.08. The van der Waals surface area contributed by atoms with Gasteiger partial charge in [-0.15, -0.1) is 0 Å². The van der Waals surface area contributed by atoms with Gasteiger partial charge in [-0.05, 0) is 112 Å². The van der Waals surface area contributed by atoms with Crippen molar-refractivity contribution in [1.29, 1.82) is 0 Å². The van der Waals surface area contributed by atoms with Gasteiger partial charge in [-0.25, -0.2) is 0 Å². The Morgan fingerprint density at radius 2 is 1.37 bits per heavy atom. The number of fused-ring (bicyclic) bond motifs is 1. The van der Waals surface area contributed by atoms with E-state index in [9.17, 15) is 0 Å². The van der Waals surface area contributed by atoms with Gasteiger partial charge in [0, 0.05) is 34.6 Å². The molecule has 0 spiro atoms. The summed E-state index contributed by atoms with van der Waals surface area (Å²) in [7, 11) is 0. The zero-order valence-corrected chi connectivity index (χ0v) is 35.9. The van der Waals surface area contributed by atoms with Crippen molar-refractivity contribution in [3.05, 3.63) is 239 Å². The van der Waals surface area contributed by atoms with Gasteiger partial charge >= 0.3 is 0 Å². The maximum absolute atomic E-state index is 5.44. The smallest absolute Gasteiger partial charge is 0.0712 e. The molecule has 2 heteroatoms. The average Bonchev–Trinajstić information content (AvgIpc) is 3.25. The summed E-state index contributed by atoms with van der Waals surface area (Å²) >= 11 is 0. The van der Waals surface area contributed by atoms with Gasteiger partial charge in [0.2, 0.25) is 0 Å². The molecule has 1 aliphatic heterocycles. The first-order valence-corrected chi connectivity index (χ1v) is 21.0. The Labute approximate surface area is 353 Å². The summed E-state index contributed by atoms with van der Waals surface area (Å²) in [6.07, 6.45) is 11.9. The highest BCUT2D eigenvalue weighted by atomic mass is 15.1. The molecule has 1 unspecified atom stereocenters. The lowest BCUT2D eigenvalue weighted by atomic mass is 9.73. The molecule has 0 aliphatic carbocycles. The van der Waals surface area contributed by atoms with E-state index < -0.39 is 0 Å². The lowest BCUT2D eigenvalue weighted by Crippen LogP contribution is -2.29.